The molecule has 1 spiro atoms. The number of esters is 1. The molecule has 146 valence electrons. The van der Waals surface area contributed by atoms with Crippen molar-refractivity contribution in [1.82, 2.24) is 0 Å². The van der Waals surface area contributed by atoms with Crippen molar-refractivity contribution < 1.29 is 29.6 Å². The first-order valence-corrected chi connectivity index (χ1v) is 9.75. The molecule has 0 aromatic carbocycles. The Morgan fingerprint density at radius 2 is 1.96 bits per heavy atom. The van der Waals surface area contributed by atoms with Crippen LogP contribution in [-0.2, 0) is 14.3 Å². The fourth-order valence-electron chi connectivity index (χ4n) is 6.24. The van der Waals surface area contributed by atoms with E-state index in [1.807, 2.05) is 13.0 Å². The van der Waals surface area contributed by atoms with Crippen molar-refractivity contribution in [3.63, 3.8) is 0 Å². The van der Waals surface area contributed by atoms with Crippen molar-refractivity contribution in [2.24, 2.45) is 22.7 Å². The molecule has 0 unspecified atom stereocenters. The number of carbonyl (C=O) groups is 1. The summed E-state index contributed by atoms with van der Waals surface area (Å²) >= 11 is 0. The molecule has 0 radical (unpaired) electrons. The van der Waals surface area contributed by atoms with E-state index in [0.717, 1.165) is 25.9 Å². The van der Waals surface area contributed by atoms with Crippen molar-refractivity contribution in [3.05, 3.63) is 11.6 Å². The first-order chi connectivity index (χ1) is 12.3. The summed E-state index contributed by atoms with van der Waals surface area (Å²) in [7, 11) is 0. The number of allylic oxidation sites excluding steroid dienone is 1. The summed E-state index contributed by atoms with van der Waals surface area (Å²) < 4.78 is 10.9. The van der Waals surface area contributed by atoms with E-state index < -0.39 is 23.6 Å². The number of epoxide rings is 1. The molecule has 7 atom stereocenters. The summed E-state index contributed by atoms with van der Waals surface area (Å²) in [6.07, 6.45) is 4.53. The molecular weight excluding hydrogens is 336 g/mol. The summed E-state index contributed by atoms with van der Waals surface area (Å²) in [5.41, 5.74) is -0.405. The third-order valence-electron chi connectivity index (χ3n) is 7.99. The lowest BCUT2D eigenvalue weighted by Crippen LogP contribution is -2.60. The van der Waals surface area contributed by atoms with Crippen LogP contribution in [0.15, 0.2) is 11.6 Å². The summed E-state index contributed by atoms with van der Waals surface area (Å²) in [5, 5.41) is 30.6. The minimum Gasteiger partial charge on any atom is -0.459 e. The molecule has 26 heavy (non-hydrogen) atoms. The maximum atomic E-state index is 11.8. The maximum Gasteiger partial charge on any atom is 0.336 e. The van der Waals surface area contributed by atoms with Gasteiger partial charge in [0, 0.05) is 5.41 Å². The summed E-state index contributed by atoms with van der Waals surface area (Å²) in [5.74, 6) is -0.0392. The van der Waals surface area contributed by atoms with Gasteiger partial charge in [-0.2, -0.15) is 0 Å². The highest BCUT2D eigenvalue weighted by Crippen LogP contribution is 2.66. The zero-order valence-electron chi connectivity index (χ0n) is 15.6. The molecule has 4 fully saturated rings. The zero-order valence-corrected chi connectivity index (χ0v) is 15.6. The molecule has 2 aliphatic carbocycles. The van der Waals surface area contributed by atoms with Crippen LogP contribution in [0.3, 0.4) is 0 Å². The van der Waals surface area contributed by atoms with Crippen LogP contribution in [0.5, 0.6) is 0 Å². The first-order valence-electron chi connectivity index (χ1n) is 9.75. The number of aliphatic hydroxyl groups excluding tert-OH is 3. The van der Waals surface area contributed by atoms with Gasteiger partial charge in [0.25, 0.3) is 0 Å². The van der Waals surface area contributed by atoms with Crippen molar-refractivity contribution in [2.75, 3.05) is 19.8 Å². The second-order valence-corrected chi connectivity index (χ2v) is 9.23. The lowest BCUT2D eigenvalue weighted by Gasteiger charge is -2.60. The summed E-state index contributed by atoms with van der Waals surface area (Å²) in [6.45, 7) is 4.99. The molecule has 0 aromatic heterocycles. The summed E-state index contributed by atoms with van der Waals surface area (Å²) in [4.78, 5) is 11.8. The van der Waals surface area contributed by atoms with Gasteiger partial charge in [0.05, 0.1) is 30.5 Å². The van der Waals surface area contributed by atoms with Crippen LogP contribution < -0.4 is 0 Å². The Balaban J connectivity index is 1.66. The Kier molecular flexibility index (Phi) is 4.27. The van der Waals surface area contributed by atoms with Crippen LogP contribution >= 0.6 is 0 Å². The molecule has 6 nitrogen and oxygen atoms in total. The van der Waals surface area contributed by atoms with Gasteiger partial charge in [-0.05, 0) is 49.4 Å². The third-order valence-corrected chi connectivity index (χ3v) is 7.99. The first kappa shape index (κ1) is 18.4. The van der Waals surface area contributed by atoms with Gasteiger partial charge in [-0.15, -0.1) is 0 Å². The highest BCUT2D eigenvalue weighted by molar-refractivity contribution is 5.91. The molecule has 0 bridgehead atoms. The average Bonchev–Trinajstić information content (AvgIpc) is 3.31. The van der Waals surface area contributed by atoms with Gasteiger partial charge in [0.1, 0.15) is 12.7 Å². The smallest absolute Gasteiger partial charge is 0.336 e. The van der Waals surface area contributed by atoms with Crippen molar-refractivity contribution in [2.45, 2.75) is 63.8 Å². The Morgan fingerprint density at radius 3 is 2.54 bits per heavy atom. The fourth-order valence-corrected chi connectivity index (χ4v) is 6.24. The standard InChI is InChI=1S/C20H30O6/c1-18-7-6-16(23)19(2,10-21)14(18)5-8-20(11-26-20)15(18)4-3-12-13(22)9-25-17(12)24/h3,13-16,21-23H,4-11H2,1-2H3/t13-,14+,15-,16-,18+,19-,20-/m0/s1. The SMILES string of the molecule is C[C@]1(CO)[C@@H]2CC[C@]3(CO3)[C@@H](CC=C3C(=O)OC[C@@H]3O)[C@]2(C)CC[C@@H]1O. The van der Waals surface area contributed by atoms with E-state index in [4.69, 9.17) is 9.47 Å². The van der Waals surface area contributed by atoms with Crippen LogP contribution in [0.25, 0.3) is 0 Å². The van der Waals surface area contributed by atoms with Crippen molar-refractivity contribution >= 4 is 5.97 Å². The molecule has 4 aliphatic rings. The van der Waals surface area contributed by atoms with E-state index in [-0.39, 0.29) is 36.1 Å². The van der Waals surface area contributed by atoms with Crippen LogP contribution in [0, 0.1) is 22.7 Å². The van der Waals surface area contributed by atoms with E-state index >= 15 is 0 Å². The highest BCUT2D eigenvalue weighted by atomic mass is 16.6. The number of ether oxygens (including phenoxy) is 2. The van der Waals surface area contributed by atoms with E-state index in [0.29, 0.717) is 18.4 Å². The minimum atomic E-state index is -0.846. The molecule has 2 aliphatic heterocycles. The topological polar surface area (TPSA) is 99.5 Å². The lowest BCUT2D eigenvalue weighted by molar-refractivity contribution is -0.175. The van der Waals surface area contributed by atoms with Gasteiger partial charge >= 0.3 is 5.97 Å². The monoisotopic (exact) mass is 366 g/mol. The largest absolute Gasteiger partial charge is 0.459 e. The molecule has 2 saturated heterocycles. The quantitative estimate of drug-likeness (QED) is 0.394. The highest BCUT2D eigenvalue weighted by Gasteiger charge is 2.66. The number of cyclic esters (lactones) is 1. The van der Waals surface area contributed by atoms with Gasteiger partial charge in [-0.25, -0.2) is 4.79 Å². The average molecular weight is 366 g/mol. The van der Waals surface area contributed by atoms with Gasteiger partial charge in [0.2, 0.25) is 0 Å². The van der Waals surface area contributed by atoms with Gasteiger partial charge in [0.15, 0.2) is 0 Å². The van der Waals surface area contributed by atoms with Crippen molar-refractivity contribution in [3.8, 4) is 0 Å². The van der Waals surface area contributed by atoms with Gasteiger partial charge in [-0.1, -0.05) is 19.9 Å². The van der Waals surface area contributed by atoms with E-state index in [9.17, 15) is 20.1 Å². The summed E-state index contributed by atoms with van der Waals surface area (Å²) in [6, 6.07) is 0. The van der Waals surface area contributed by atoms with Gasteiger partial charge < -0.3 is 24.8 Å². The van der Waals surface area contributed by atoms with E-state index in [1.165, 1.54) is 0 Å². The minimum absolute atomic E-state index is 0.0267. The molecule has 4 rings (SSSR count). The Morgan fingerprint density at radius 1 is 1.23 bits per heavy atom. The molecule has 3 N–H and O–H groups in total. The molecule has 2 saturated carbocycles. The number of carbonyl (C=O) groups excluding carboxylic acids is 1. The van der Waals surface area contributed by atoms with Crippen LogP contribution in [0.1, 0.15) is 46.0 Å². The number of hydrogen-bond acceptors (Lipinski definition) is 6. The maximum absolute atomic E-state index is 11.8. The third kappa shape index (κ3) is 2.49. The number of rotatable bonds is 3. The Bertz CT molecular complexity index is 626. The molecule has 2 heterocycles. The van der Waals surface area contributed by atoms with Crippen molar-refractivity contribution in [1.29, 1.82) is 0 Å². The van der Waals surface area contributed by atoms with Crippen LogP contribution in [0.4, 0.5) is 0 Å². The Hall–Kier alpha value is -0.950. The molecule has 0 amide bonds. The van der Waals surface area contributed by atoms with Gasteiger partial charge in [-0.3, -0.25) is 0 Å². The number of aliphatic hydroxyl groups is 3. The number of fused-ring (bicyclic) bond motifs is 1. The second-order valence-electron chi connectivity index (χ2n) is 9.23. The Labute approximate surface area is 154 Å². The van der Waals surface area contributed by atoms with E-state index in [2.05, 4.69) is 6.92 Å². The van der Waals surface area contributed by atoms with Crippen LogP contribution in [-0.4, -0.2) is 58.9 Å². The van der Waals surface area contributed by atoms with Crippen LogP contribution in [0.2, 0.25) is 0 Å². The molecular formula is C20H30O6. The lowest BCUT2D eigenvalue weighted by atomic mass is 9.45. The molecule has 0 aromatic rings. The zero-order chi connectivity index (χ0) is 18.7. The predicted octanol–water partition coefficient (Wildman–Crippen LogP) is 1.18. The van der Waals surface area contributed by atoms with E-state index in [1.54, 1.807) is 0 Å². The number of hydrogen-bond donors (Lipinski definition) is 3. The molecule has 6 heteroatoms. The normalized spacial score (nSPS) is 52.2. The predicted molar refractivity (Wildman–Crippen MR) is 93.1 cm³/mol. The fraction of sp³-hybridized carbons (Fsp3) is 0.850. The second kappa shape index (κ2) is 6.03.